The van der Waals surface area contributed by atoms with E-state index >= 15 is 0 Å². The molecule has 1 amide bonds. The Labute approximate surface area is 175 Å². The van der Waals surface area contributed by atoms with Gasteiger partial charge in [-0.15, -0.1) is 11.3 Å². The molecule has 142 valence electrons. The van der Waals surface area contributed by atoms with Crippen LogP contribution in [0.5, 0.6) is 5.75 Å². The lowest BCUT2D eigenvalue weighted by molar-refractivity contribution is 0.0942. The highest BCUT2D eigenvalue weighted by molar-refractivity contribution is 9.10. The van der Waals surface area contributed by atoms with Gasteiger partial charge in [-0.25, -0.2) is 0 Å². The Kier molecular flexibility index (Phi) is 5.45. The fourth-order valence-corrected chi connectivity index (χ4v) is 4.79. The van der Waals surface area contributed by atoms with E-state index in [4.69, 9.17) is 4.74 Å². The average molecular weight is 456 g/mol. The predicted molar refractivity (Wildman–Crippen MR) is 115 cm³/mol. The van der Waals surface area contributed by atoms with Gasteiger partial charge >= 0.3 is 0 Å². The van der Waals surface area contributed by atoms with Crippen LogP contribution in [-0.4, -0.2) is 22.6 Å². The highest BCUT2D eigenvalue weighted by atomic mass is 79.9. The summed E-state index contributed by atoms with van der Waals surface area (Å²) in [5, 5.41) is 5.02. The van der Waals surface area contributed by atoms with Crippen molar-refractivity contribution >= 4 is 43.4 Å². The zero-order chi connectivity index (χ0) is 19.5. The van der Waals surface area contributed by atoms with E-state index in [1.807, 2.05) is 58.5 Å². The lowest BCUT2D eigenvalue weighted by Gasteiger charge is -2.12. The number of pyridine rings is 1. The third-order valence-corrected chi connectivity index (χ3v) is 6.27. The summed E-state index contributed by atoms with van der Waals surface area (Å²) in [5.74, 6) is 0.676. The zero-order valence-corrected chi connectivity index (χ0v) is 17.6. The van der Waals surface area contributed by atoms with Crippen molar-refractivity contribution in [3.05, 3.63) is 81.5 Å². The summed E-state index contributed by atoms with van der Waals surface area (Å²) in [6.07, 6.45) is 1.72. The number of rotatable bonds is 6. The highest BCUT2D eigenvalue weighted by Gasteiger charge is 2.19. The number of amides is 1. The summed E-state index contributed by atoms with van der Waals surface area (Å²) in [7, 11) is 1.65. The van der Waals surface area contributed by atoms with Gasteiger partial charge in [0.05, 0.1) is 34.0 Å². The largest absolute Gasteiger partial charge is 0.497 e. The molecule has 7 heteroatoms. The fourth-order valence-electron chi connectivity index (χ4n) is 3.10. The first kappa shape index (κ1) is 18.7. The summed E-state index contributed by atoms with van der Waals surface area (Å²) in [4.78, 5) is 17.2. The molecule has 4 aromatic rings. The van der Waals surface area contributed by atoms with Crippen molar-refractivity contribution in [2.75, 3.05) is 7.11 Å². The molecule has 0 aliphatic carbocycles. The van der Waals surface area contributed by atoms with Crippen LogP contribution in [0.1, 0.15) is 21.7 Å². The SMILES string of the molecule is COc1cccc(Cn2c(C(=O)NCc3ccccn3)cc3scc(Br)c32)c1. The lowest BCUT2D eigenvalue weighted by Crippen LogP contribution is -2.26. The summed E-state index contributed by atoms with van der Waals surface area (Å²) in [6, 6.07) is 15.5. The van der Waals surface area contributed by atoms with Crippen molar-refractivity contribution in [1.29, 1.82) is 0 Å². The molecular weight excluding hydrogens is 438 g/mol. The first-order valence-electron chi connectivity index (χ1n) is 8.73. The maximum atomic E-state index is 12.9. The topological polar surface area (TPSA) is 56.1 Å². The number of carbonyl (C=O) groups excluding carboxylic acids is 1. The van der Waals surface area contributed by atoms with Crippen LogP contribution in [0, 0.1) is 0 Å². The van der Waals surface area contributed by atoms with E-state index in [0.29, 0.717) is 18.8 Å². The van der Waals surface area contributed by atoms with Crippen molar-refractivity contribution in [2.24, 2.45) is 0 Å². The number of fused-ring (bicyclic) bond motifs is 1. The lowest BCUT2D eigenvalue weighted by atomic mass is 10.2. The van der Waals surface area contributed by atoms with Crippen molar-refractivity contribution < 1.29 is 9.53 Å². The summed E-state index contributed by atoms with van der Waals surface area (Å²) >= 11 is 5.23. The van der Waals surface area contributed by atoms with Gasteiger partial charge in [0.1, 0.15) is 11.4 Å². The Morgan fingerprint density at radius 3 is 2.93 bits per heavy atom. The van der Waals surface area contributed by atoms with Gasteiger partial charge in [-0.05, 0) is 51.8 Å². The molecule has 5 nitrogen and oxygen atoms in total. The van der Waals surface area contributed by atoms with Crippen molar-refractivity contribution in [1.82, 2.24) is 14.9 Å². The quantitative estimate of drug-likeness (QED) is 0.452. The van der Waals surface area contributed by atoms with Crippen LogP contribution in [0.2, 0.25) is 0 Å². The van der Waals surface area contributed by atoms with Gasteiger partial charge in [-0.3, -0.25) is 9.78 Å². The number of ether oxygens (including phenoxy) is 1. The van der Waals surface area contributed by atoms with Crippen LogP contribution in [0.15, 0.2) is 64.6 Å². The van der Waals surface area contributed by atoms with Crippen molar-refractivity contribution in [2.45, 2.75) is 13.1 Å². The first-order chi connectivity index (χ1) is 13.7. The van der Waals surface area contributed by atoms with E-state index in [0.717, 1.165) is 31.7 Å². The highest BCUT2D eigenvalue weighted by Crippen LogP contribution is 2.34. The maximum Gasteiger partial charge on any atom is 0.268 e. The molecule has 0 unspecified atom stereocenters. The number of nitrogens with one attached hydrogen (secondary N) is 1. The molecular formula is C21H18BrN3O2S. The van der Waals surface area contributed by atoms with E-state index in [1.54, 1.807) is 24.6 Å². The molecule has 4 rings (SSSR count). The fraction of sp³-hybridized carbons (Fsp3) is 0.143. The molecule has 0 saturated carbocycles. The normalized spacial score (nSPS) is 10.9. The summed E-state index contributed by atoms with van der Waals surface area (Å²) in [5.41, 5.74) is 3.54. The number of methoxy groups -OCH3 is 1. The molecule has 0 spiro atoms. The molecule has 1 N–H and O–H groups in total. The summed E-state index contributed by atoms with van der Waals surface area (Å²) in [6.45, 7) is 0.960. The molecule has 0 fully saturated rings. The number of thiophene rings is 1. The molecule has 3 heterocycles. The van der Waals surface area contributed by atoms with Gasteiger partial charge in [0.2, 0.25) is 0 Å². The number of hydrogen-bond acceptors (Lipinski definition) is 4. The Morgan fingerprint density at radius 1 is 1.25 bits per heavy atom. The van der Waals surface area contributed by atoms with E-state index in [9.17, 15) is 4.79 Å². The maximum absolute atomic E-state index is 12.9. The van der Waals surface area contributed by atoms with Gasteiger partial charge in [-0.2, -0.15) is 0 Å². The number of benzene rings is 1. The Hall–Kier alpha value is -2.64. The number of halogens is 1. The minimum atomic E-state index is -0.121. The molecule has 1 aromatic carbocycles. The predicted octanol–water partition coefficient (Wildman–Crippen LogP) is 4.85. The van der Waals surface area contributed by atoms with Gasteiger partial charge in [0, 0.05) is 18.1 Å². The smallest absolute Gasteiger partial charge is 0.268 e. The van der Waals surface area contributed by atoms with Crippen LogP contribution >= 0.6 is 27.3 Å². The van der Waals surface area contributed by atoms with Crippen LogP contribution in [-0.2, 0) is 13.1 Å². The Bertz CT molecular complexity index is 1120. The number of aromatic nitrogens is 2. The monoisotopic (exact) mass is 455 g/mol. The zero-order valence-electron chi connectivity index (χ0n) is 15.2. The Balaban J connectivity index is 1.66. The molecule has 0 aliphatic rings. The van der Waals surface area contributed by atoms with Gasteiger partial charge < -0.3 is 14.6 Å². The molecule has 0 saturated heterocycles. The van der Waals surface area contributed by atoms with E-state index in [-0.39, 0.29) is 5.91 Å². The van der Waals surface area contributed by atoms with Gasteiger partial charge in [0.25, 0.3) is 5.91 Å². The molecule has 0 atom stereocenters. The van der Waals surface area contributed by atoms with Crippen LogP contribution in [0.4, 0.5) is 0 Å². The Morgan fingerprint density at radius 2 is 2.14 bits per heavy atom. The number of hydrogen-bond donors (Lipinski definition) is 1. The van der Waals surface area contributed by atoms with E-state index < -0.39 is 0 Å². The second-order valence-corrected chi connectivity index (χ2v) is 8.03. The second kappa shape index (κ2) is 8.16. The van der Waals surface area contributed by atoms with Crippen LogP contribution in [0.25, 0.3) is 10.2 Å². The molecule has 0 bridgehead atoms. The second-order valence-electron chi connectivity index (χ2n) is 6.27. The third kappa shape index (κ3) is 3.81. The van der Waals surface area contributed by atoms with Gasteiger partial charge in [-0.1, -0.05) is 18.2 Å². The molecule has 3 aromatic heterocycles. The number of carbonyl (C=O) groups is 1. The number of nitrogens with zero attached hydrogens (tertiary/aromatic N) is 2. The van der Waals surface area contributed by atoms with Crippen LogP contribution in [0.3, 0.4) is 0 Å². The molecule has 0 radical (unpaired) electrons. The van der Waals surface area contributed by atoms with Crippen molar-refractivity contribution in [3.8, 4) is 5.75 Å². The molecule has 0 aliphatic heterocycles. The average Bonchev–Trinajstić information content (AvgIpc) is 3.27. The van der Waals surface area contributed by atoms with E-state index in [1.165, 1.54) is 0 Å². The minimum Gasteiger partial charge on any atom is -0.497 e. The first-order valence-corrected chi connectivity index (χ1v) is 10.4. The molecule has 28 heavy (non-hydrogen) atoms. The van der Waals surface area contributed by atoms with Gasteiger partial charge in [0.15, 0.2) is 0 Å². The van der Waals surface area contributed by atoms with Crippen LogP contribution < -0.4 is 10.1 Å². The summed E-state index contributed by atoms with van der Waals surface area (Å²) < 4.78 is 9.43. The minimum absolute atomic E-state index is 0.121. The third-order valence-electron chi connectivity index (χ3n) is 4.44. The van der Waals surface area contributed by atoms with E-state index in [2.05, 4.69) is 26.2 Å². The standard InChI is InChI=1S/C21H18BrN3O2S/c1-27-16-7-4-5-14(9-16)12-25-18(10-19-20(25)17(22)13-28-19)21(26)24-11-15-6-2-3-8-23-15/h2-10,13H,11-12H2,1H3,(H,24,26). The van der Waals surface area contributed by atoms with Crippen molar-refractivity contribution in [3.63, 3.8) is 0 Å².